The summed E-state index contributed by atoms with van der Waals surface area (Å²) in [6, 6.07) is 4.43. The average Bonchev–Trinajstić information content (AvgIpc) is 2.78. The number of primary amides is 1. The molecule has 2 rings (SSSR count). The molecule has 11 nitrogen and oxygen atoms in total. The van der Waals surface area contributed by atoms with Crippen molar-refractivity contribution < 1.29 is 50.9 Å². The zero-order valence-electron chi connectivity index (χ0n) is 19.5. The third kappa shape index (κ3) is 7.29. The van der Waals surface area contributed by atoms with Crippen LogP contribution in [0.15, 0.2) is 24.4 Å². The summed E-state index contributed by atoms with van der Waals surface area (Å²) in [5, 5.41) is 28.4. The van der Waals surface area contributed by atoms with E-state index in [4.69, 9.17) is 26.6 Å². The number of halogens is 6. The summed E-state index contributed by atoms with van der Waals surface area (Å²) in [4.78, 5) is 40.7. The highest BCUT2D eigenvalue weighted by molar-refractivity contribution is 5.97. The van der Waals surface area contributed by atoms with Crippen molar-refractivity contribution in [1.82, 2.24) is 15.3 Å². The van der Waals surface area contributed by atoms with Crippen molar-refractivity contribution in [2.45, 2.75) is 44.3 Å². The van der Waals surface area contributed by atoms with E-state index in [9.17, 15) is 41.0 Å². The Morgan fingerprint density at radius 2 is 1.74 bits per heavy atom. The molecule has 38 heavy (non-hydrogen) atoms. The van der Waals surface area contributed by atoms with Crippen molar-refractivity contribution in [2.75, 3.05) is 5.73 Å². The van der Waals surface area contributed by atoms with Crippen LogP contribution in [0.1, 0.15) is 35.0 Å². The standard InChI is InChI=1S/C19H19F3N6O3.C2HF3O2/c1-9-3-4-11(18(31,17(25)30)19(20,21)22)7-12(9)13-8-26-15(24)14(28-13)16(29)27-10(2)5-6-23;3-2(4,5)1(6)7/h3-4,7-8,10,31H,5H2,1-2H3,(H2,24,26)(H2,25,30)(H,27,29);(H,6,7). The van der Waals surface area contributed by atoms with Crippen LogP contribution in [0.25, 0.3) is 11.3 Å². The van der Waals surface area contributed by atoms with Gasteiger partial charge in [-0.05, 0) is 25.5 Å². The van der Waals surface area contributed by atoms with Gasteiger partial charge >= 0.3 is 18.3 Å². The molecular weight excluding hydrogens is 530 g/mol. The quantitative estimate of drug-likeness (QED) is 0.333. The van der Waals surface area contributed by atoms with Crippen molar-refractivity contribution in [2.24, 2.45) is 5.73 Å². The third-order valence-corrected chi connectivity index (χ3v) is 4.73. The number of carboxylic acids is 1. The van der Waals surface area contributed by atoms with Crippen LogP contribution in [-0.2, 0) is 15.2 Å². The lowest BCUT2D eigenvalue weighted by Gasteiger charge is -2.28. The number of alkyl halides is 6. The number of anilines is 1. The topological polar surface area (TPSA) is 205 Å². The number of aliphatic hydroxyl groups is 1. The highest BCUT2D eigenvalue weighted by Gasteiger charge is 2.60. The monoisotopic (exact) mass is 550 g/mol. The largest absolute Gasteiger partial charge is 0.490 e. The Morgan fingerprint density at radius 1 is 1.18 bits per heavy atom. The molecule has 0 spiro atoms. The molecule has 17 heteroatoms. The fraction of sp³-hybridized carbons (Fsp3) is 0.333. The fourth-order valence-corrected chi connectivity index (χ4v) is 2.74. The number of nitrogens with one attached hydrogen (secondary N) is 1. The molecule has 0 saturated heterocycles. The van der Waals surface area contributed by atoms with Gasteiger partial charge in [0.25, 0.3) is 17.4 Å². The Hall–Kier alpha value is -4.46. The Kier molecular flexibility index (Phi) is 9.74. The highest BCUT2D eigenvalue weighted by atomic mass is 19.4. The van der Waals surface area contributed by atoms with E-state index >= 15 is 0 Å². The van der Waals surface area contributed by atoms with Gasteiger partial charge < -0.3 is 27.0 Å². The first kappa shape index (κ1) is 31.6. The molecule has 1 aromatic carbocycles. The summed E-state index contributed by atoms with van der Waals surface area (Å²) >= 11 is 0. The molecule has 0 aliphatic heterocycles. The lowest BCUT2D eigenvalue weighted by molar-refractivity contribution is -0.255. The number of aliphatic carboxylic acids is 1. The van der Waals surface area contributed by atoms with E-state index in [2.05, 4.69) is 15.3 Å². The number of carboxylic acid groups (broad SMARTS) is 1. The molecule has 1 heterocycles. The van der Waals surface area contributed by atoms with Crippen LogP contribution >= 0.6 is 0 Å². The molecule has 1 aromatic heterocycles. The molecule has 2 atom stereocenters. The maximum Gasteiger partial charge on any atom is 0.490 e. The molecule has 0 bridgehead atoms. The fourth-order valence-electron chi connectivity index (χ4n) is 2.74. The van der Waals surface area contributed by atoms with Crippen LogP contribution in [0.2, 0.25) is 0 Å². The van der Waals surface area contributed by atoms with Gasteiger partial charge in [0.05, 0.1) is 24.4 Å². The minimum atomic E-state index is -5.37. The first-order chi connectivity index (χ1) is 17.3. The number of nitrogens with zero attached hydrogens (tertiary/aromatic N) is 3. The van der Waals surface area contributed by atoms with E-state index in [1.165, 1.54) is 6.07 Å². The van der Waals surface area contributed by atoms with Crippen LogP contribution in [0.5, 0.6) is 0 Å². The second-order valence-electron chi connectivity index (χ2n) is 7.63. The van der Waals surface area contributed by atoms with E-state index in [1.54, 1.807) is 13.8 Å². The maximum absolute atomic E-state index is 13.4. The molecule has 2 unspecified atom stereocenters. The number of rotatable bonds is 6. The number of nitrogens with two attached hydrogens (primary N) is 2. The summed E-state index contributed by atoms with van der Waals surface area (Å²) in [6.45, 7) is 3.13. The number of hydrogen-bond donors (Lipinski definition) is 5. The molecule has 0 aliphatic rings. The second kappa shape index (κ2) is 11.7. The van der Waals surface area contributed by atoms with Gasteiger partial charge in [0.1, 0.15) is 0 Å². The van der Waals surface area contributed by atoms with Gasteiger partial charge in [0.15, 0.2) is 11.5 Å². The van der Waals surface area contributed by atoms with Crippen molar-refractivity contribution >= 4 is 23.6 Å². The van der Waals surface area contributed by atoms with Gasteiger partial charge in [-0.15, -0.1) is 0 Å². The SMILES string of the molecule is Cc1ccc(C(O)(C(N)=O)C(F)(F)F)cc1-c1cnc(N)c(C(=O)NC(C)CC#N)n1.O=C(O)C(F)(F)F. The zero-order valence-corrected chi connectivity index (χ0v) is 19.5. The number of hydrogen-bond acceptors (Lipinski definition) is 8. The number of nitrogen functional groups attached to an aromatic ring is 1. The zero-order chi connectivity index (χ0) is 29.6. The van der Waals surface area contributed by atoms with Crippen molar-refractivity contribution in [3.8, 4) is 17.3 Å². The first-order valence-corrected chi connectivity index (χ1v) is 10.1. The van der Waals surface area contributed by atoms with Crippen LogP contribution in [0.4, 0.5) is 32.2 Å². The van der Waals surface area contributed by atoms with E-state index in [1.807, 2.05) is 6.07 Å². The molecule has 0 fully saturated rings. The van der Waals surface area contributed by atoms with Crippen molar-refractivity contribution in [3.05, 3.63) is 41.2 Å². The van der Waals surface area contributed by atoms with Gasteiger partial charge in [0.2, 0.25) is 0 Å². The average molecular weight is 550 g/mol. The van der Waals surface area contributed by atoms with E-state index in [0.717, 1.165) is 18.3 Å². The van der Waals surface area contributed by atoms with E-state index < -0.39 is 47.3 Å². The molecule has 7 N–H and O–H groups in total. The van der Waals surface area contributed by atoms with E-state index in [0.29, 0.717) is 5.56 Å². The third-order valence-electron chi connectivity index (χ3n) is 4.73. The number of nitriles is 1. The van der Waals surface area contributed by atoms with Gasteiger partial charge in [0, 0.05) is 17.2 Å². The molecule has 2 amide bonds. The molecule has 206 valence electrons. The Bertz CT molecular complexity index is 1260. The van der Waals surface area contributed by atoms with Crippen LogP contribution in [0.3, 0.4) is 0 Å². The summed E-state index contributed by atoms with van der Waals surface area (Å²) in [5.74, 6) is -5.72. The number of aryl methyl sites for hydroxylation is 1. The smallest absolute Gasteiger partial charge is 0.475 e. The number of benzene rings is 1. The maximum atomic E-state index is 13.4. The first-order valence-electron chi connectivity index (χ1n) is 10.1. The number of carbonyl (C=O) groups excluding carboxylic acids is 2. The normalized spacial score (nSPS) is 13.7. The van der Waals surface area contributed by atoms with E-state index in [-0.39, 0.29) is 29.2 Å². The molecule has 0 saturated carbocycles. The van der Waals surface area contributed by atoms with Crippen LogP contribution < -0.4 is 16.8 Å². The summed E-state index contributed by atoms with van der Waals surface area (Å²) in [7, 11) is 0. The summed E-state index contributed by atoms with van der Waals surface area (Å²) in [6.07, 6.45) is -9.29. The molecule has 0 radical (unpaired) electrons. The number of carbonyl (C=O) groups is 3. The van der Waals surface area contributed by atoms with Crippen LogP contribution in [0, 0.1) is 18.3 Å². The number of amides is 2. The second-order valence-corrected chi connectivity index (χ2v) is 7.63. The lowest BCUT2D eigenvalue weighted by atomic mass is 9.89. The van der Waals surface area contributed by atoms with Gasteiger partial charge in [-0.1, -0.05) is 12.1 Å². The summed E-state index contributed by atoms with van der Waals surface area (Å²) < 4.78 is 72.0. The van der Waals surface area contributed by atoms with Crippen molar-refractivity contribution in [3.63, 3.8) is 0 Å². The minimum Gasteiger partial charge on any atom is -0.475 e. The van der Waals surface area contributed by atoms with Crippen molar-refractivity contribution in [1.29, 1.82) is 5.26 Å². The lowest BCUT2D eigenvalue weighted by Crippen LogP contribution is -2.52. The Balaban J connectivity index is 0.000000905. The Labute approximate surface area is 210 Å². The van der Waals surface area contributed by atoms with Gasteiger partial charge in [-0.25, -0.2) is 14.8 Å². The summed E-state index contributed by atoms with van der Waals surface area (Å²) in [5.41, 5.74) is 5.95. The van der Waals surface area contributed by atoms with Gasteiger partial charge in [-0.3, -0.25) is 9.59 Å². The number of aromatic nitrogens is 2. The van der Waals surface area contributed by atoms with Gasteiger partial charge in [-0.2, -0.15) is 31.6 Å². The molecular formula is C21H20F6N6O5. The minimum absolute atomic E-state index is 0.0272. The Morgan fingerprint density at radius 3 is 2.18 bits per heavy atom. The molecule has 2 aromatic rings. The predicted octanol–water partition coefficient (Wildman–Crippen LogP) is 1.93. The highest BCUT2D eigenvalue weighted by Crippen LogP contribution is 2.40. The molecule has 0 aliphatic carbocycles. The predicted molar refractivity (Wildman–Crippen MR) is 117 cm³/mol. The van der Waals surface area contributed by atoms with Crippen LogP contribution in [-0.4, -0.2) is 56.4 Å².